The van der Waals surface area contributed by atoms with Crippen LogP contribution in [0.15, 0.2) is 0 Å². The topological polar surface area (TPSA) is 52.5 Å². The largest absolute Gasteiger partial charge is 0.395 e. The highest BCUT2D eigenvalue weighted by Gasteiger charge is 2.02. The van der Waals surface area contributed by atoms with Crippen molar-refractivity contribution < 1.29 is 10.2 Å². The van der Waals surface area contributed by atoms with Gasteiger partial charge in [-0.2, -0.15) is 0 Å². The Morgan fingerprint density at radius 1 is 1.50 bits per heavy atom. The standard InChI is InChI=1S/C7H17NO2/c1-3-7(10)4-8-6(2)5-9/h6-10H,3-5H2,1-2H3. The predicted octanol–water partition coefficient (Wildman–Crippen LogP) is -0.272. The molecule has 2 atom stereocenters. The van der Waals surface area contributed by atoms with Crippen molar-refractivity contribution in [1.82, 2.24) is 5.32 Å². The van der Waals surface area contributed by atoms with Gasteiger partial charge in [-0.3, -0.25) is 0 Å². The molecule has 0 saturated carbocycles. The molecule has 3 N–H and O–H groups in total. The van der Waals surface area contributed by atoms with Crippen LogP contribution in [0.1, 0.15) is 20.3 Å². The van der Waals surface area contributed by atoms with E-state index in [1.165, 1.54) is 0 Å². The van der Waals surface area contributed by atoms with Gasteiger partial charge >= 0.3 is 0 Å². The van der Waals surface area contributed by atoms with Gasteiger partial charge in [0.2, 0.25) is 0 Å². The molecular formula is C7H17NO2. The summed E-state index contributed by atoms with van der Waals surface area (Å²) in [5.41, 5.74) is 0. The van der Waals surface area contributed by atoms with Crippen LogP contribution in [-0.2, 0) is 0 Å². The van der Waals surface area contributed by atoms with Gasteiger partial charge in [0.05, 0.1) is 12.7 Å². The van der Waals surface area contributed by atoms with E-state index in [9.17, 15) is 0 Å². The summed E-state index contributed by atoms with van der Waals surface area (Å²) >= 11 is 0. The molecule has 0 aliphatic rings. The molecule has 3 heteroatoms. The number of hydrogen-bond donors (Lipinski definition) is 3. The maximum absolute atomic E-state index is 9.06. The molecule has 0 bridgehead atoms. The maximum Gasteiger partial charge on any atom is 0.0662 e. The van der Waals surface area contributed by atoms with Crippen LogP contribution in [0.25, 0.3) is 0 Å². The third kappa shape index (κ3) is 4.73. The lowest BCUT2D eigenvalue weighted by Gasteiger charge is -2.13. The van der Waals surface area contributed by atoms with Crippen molar-refractivity contribution in [2.45, 2.75) is 32.4 Å². The van der Waals surface area contributed by atoms with Crippen molar-refractivity contribution in [2.75, 3.05) is 13.2 Å². The van der Waals surface area contributed by atoms with Crippen LogP contribution in [0.5, 0.6) is 0 Å². The van der Waals surface area contributed by atoms with Gasteiger partial charge < -0.3 is 15.5 Å². The van der Waals surface area contributed by atoms with E-state index in [0.717, 1.165) is 6.42 Å². The fourth-order valence-corrected chi connectivity index (χ4v) is 0.546. The summed E-state index contributed by atoms with van der Waals surface area (Å²) in [6, 6.07) is 0.0844. The first-order valence-electron chi connectivity index (χ1n) is 3.73. The van der Waals surface area contributed by atoms with Crippen molar-refractivity contribution in [3.05, 3.63) is 0 Å². The first kappa shape index (κ1) is 9.88. The molecule has 0 aliphatic carbocycles. The van der Waals surface area contributed by atoms with E-state index >= 15 is 0 Å². The predicted molar refractivity (Wildman–Crippen MR) is 40.8 cm³/mol. The Balaban J connectivity index is 3.17. The van der Waals surface area contributed by atoms with Crippen LogP contribution in [0.3, 0.4) is 0 Å². The van der Waals surface area contributed by atoms with Crippen molar-refractivity contribution in [3.63, 3.8) is 0 Å². The second kappa shape index (κ2) is 5.65. The smallest absolute Gasteiger partial charge is 0.0662 e. The highest BCUT2D eigenvalue weighted by Crippen LogP contribution is 1.87. The van der Waals surface area contributed by atoms with E-state index in [1.807, 2.05) is 13.8 Å². The van der Waals surface area contributed by atoms with Crippen molar-refractivity contribution in [2.24, 2.45) is 0 Å². The Hall–Kier alpha value is -0.120. The Morgan fingerprint density at radius 2 is 2.10 bits per heavy atom. The normalized spacial score (nSPS) is 16.8. The summed E-state index contributed by atoms with van der Waals surface area (Å²) in [4.78, 5) is 0. The Kier molecular flexibility index (Phi) is 5.58. The molecule has 0 saturated heterocycles. The molecule has 0 rings (SSSR count). The molecule has 0 radical (unpaired) electrons. The van der Waals surface area contributed by atoms with Crippen molar-refractivity contribution in [1.29, 1.82) is 0 Å². The molecule has 10 heavy (non-hydrogen) atoms. The van der Waals surface area contributed by atoms with Gasteiger partial charge in [-0.05, 0) is 13.3 Å². The van der Waals surface area contributed by atoms with Gasteiger partial charge in [0.25, 0.3) is 0 Å². The molecule has 0 aromatic rings. The first-order valence-corrected chi connectivity index (χ1v) is 3.73. The minimum atomic E-state index is -0.283. The molecule has 3 nitrogen and oxygen atoms in total. The molecule has 0 spiro atoms. The molecule has 0 aromatic carbocycles. The van der Waals surface area contributed by atoms with E-state index in [-0.39, 0.29) is 18.8 Å². The summed E-state index contributed by atoms with van der Waals surface area (Å²) in [6.07, 6.45) is 0.472. The van der Waals surface area contributed by atoms with Gasteiger partial charge in [0.1, 0.15) is 0 Å². The third-order valence-electron chi connectivity index (χ3n) is 1.45. The van der Waals surface area contributed by atoms with Crippen LogP contribution < -0.4 is 5.32 Å². The van der Waals surface area contributed by atoms with E-state index < -0.39 is 0 Å². The second-order valence-electron chi connectivity index (χ2n) is 2.55. The maximum atomic E-state index is 9.06. The highest BCUT2D eigenvalue weighted by atomic mass is 16.3. The van der Waals surface area contributed by atoms with Crippen LogP contribution in [0, 0.1) is 0 Å². The van der Waals surface area contributed by atoms with E-state index in [1.54, 1.807) is 0 Å². The van der Waals surface area contributed by atoms with Gasteiger partial charge in [-0.25, -0.2) is 0 Å². The van der Waals surface area contributed by atoms with Crippen LogP contribution in [0.4, 0.5) is 0 Å². The lowest BCUT2D eigenvalue weighted by molar-refractivity contribution is 0.155. The quantitative estimate of drug-likeness (QED) is 0.501. The van der Waals surface area contributed by atoms with Crippen LogP contribution in [-0.4, -0.2) is 35.5 Å². The Bertz CT molecular complexity index is 68.0. The summed E-state index contributed by atoms with van der Waals surface area (Å²) in [5.74, 6) is 0. The number of nitrogens with one attached hydrogen (secondary N) is 1. The van der Waals surface area contributed by atoms with E-state index in [4.69, 9.17) is 10.2 Å². The summed E-state index contributed by atoms with van der Waals surface area (Å²) in [6.45, 7) is 4.49. The molecule has 0 fully saturated rings. The van der Waals surface area contributed by atoms with Gasteiger partial charge in [-0.15, -0.1) is 0 Å². The molecule has 0 heterocycles. The molecule has 0 amide bonds. The molecule has 62 valence electrons. The molecular weight excluding hydrogens is 130 g/mol. The van der Waals surface area contributed by atoms with Crippen molar-refractivity contribution in [3.8, 4) is 0 Å². The third-order valence-corrected chi connectivity index (χ3v) is 1.45. The second-order valence-corrected chi connectivity index (χ2v) is 2.55. The monoisotopic (exact) mass is 147 g/mol. The Labute approximate surface area is 62.1 Å². The number of aliphatic hydroxyl groups excluding tert-OH is 2. The zero-order valence-electron chi connectivity index (χ0n) is 6.67. The average molecular weight is 147 g/mol. The van der Waals surface area contributed by atoms with Crippen LogP contribution >= 0.6 is 0 Å². The minimum absolute atomic E-state index is 0.0844. The highest BCUT2D eigenvalue weighted by molar-refractivity contribution is 4.62. The van der Waals surface area contributed by atoms with Crippen LogP contribution in [0.2, 0.25) is 0 Å². The summed E-state index contributed by atoms with van der Waals surface area (Å²) in [7, 11) is 0. The molecule has 0 aromatic heterocycles. The minimum Gasteiger partial charge on any atom is -0.395 e. The van der Waals surface area contributed by atoms with Crippen molar-refractivity contribution >= 4 is 0 Å². The first-order chi connectivity index (χ1) is 4.70. The van der Waals surface area contributed by atoms with E-state index in [2.05, 4.69) is 5.32 Å². The number of aliphatic hydroxyl groups is 2. The fourth-order valence-electron chi connectivity index (χ4n) is 0.546. The van der Waals surface area contributed by atoms with E-state index in [0.29, 0.717) is 6.54 Å². The Morgan fingerprint density at radius 3 is 2.50 bits per heavy atom. The summed E-state index contributed by atoms with van der Waals surface area (Å²) in [5, 5.41) is 20.6. The number of hydrogen-bond acceptors (Lipinski definition) is 3. The SMILES string of the molecule is CCC(O)CNC(C)CO. The number of rotatable bonds is 5. The lowest BCUT2D eigenvalue weighted by Crippen LogP contribution is -2.35. The fraction of sp³-hybridized carbons (Fsp3) is 1.00. The van der Waals surface area contributed by atoms with Gasteiger partial charge in [-0.1, -0.05) is 6.92 Å². The zero-order chi connectivity index (χ0) is 7.98. The van der Waals surface area contributed by atoms with Gasteiger partial charge in [0, 0.05) is 12.6 Å². The molecule has 2 unspecified atom stereocenters. The average Bonchev–Trinajstić information content (AvgIpc) is 1.99. The lowest BCUT2D eigenvalue weighted by atomic mass is 10.2. The zero-order valence-corrected chi connectivity index (χ0v) is 6.67. The molecule has 0 aliphatic heterocycles. The van der Waals surface area contributed by atoms with Gasteiger partial charge in [0.15, 0.2) is 0 Å². The summed E-state index contributed by atoms with van der Waals surface area (Å²) < 4.78 is 0.